The van der Waals surface area contributed by atoms with Gasteiger partial charge in [0.1, 0.15) is 5.82 Å². The first kappa shape index (κ1) is 22.0. The van der Waals surface area contributed by atoms with Crippen molar-refractivity contribution in [1.29, 1.82) is 0 Å². The molecule has 0 fully saturated rings. The molecule has 0 aliphatic rings. The van der Waals surface area contributed by atoms with Gasteiger partial charge in [-0.2, -0.15) is 0 Å². The lowest BCUT2D eigenvalue weighted by Crippen LogP contribution is -2.36. The number of H-pyrrole nitrogens is 1. The van der Waals surface area contributed by atoms with Crippen LogP contribution in [-0.4, -0.2) is 26.5 Å². The zero-order valence-electron chi connectivity index (χ0n) is 18.6. The van der Waals surface area contributed by atoms with Crippen LogP contribution in [0.1, 0.15) is 27.9 Å². The highest BCUT2D eigenvalue weighted by Gasteiger charge is 2.15. The molecule has 2 aromatic carbocycles. The van der Waals surface area contributed by atoms with Crippen molar-refractivity contribution < 1.29 is 4.39 Å². The summed E-state index contributed by atoms with van der Waals surface area (Å²) in [4.78, 5) is 9.64. The highest BCUT2D eigenvalue weighted by molar-refractivity contribution is 7.80. The third kappa shape index (κ3) is 4.97. The van der Waals surface area contributed by atoms with Gasteiger partial charge in [-0.05, 0) is 92.5 Å². The van der Waals surface area contributed by atoms with Crippen LogP contribution in [0.3, 0.4) is 0 Å². The molecule has 4 rings (SSSR count). The molecule has 0 amide bonds. The molecule has 0 aliphatic carbocycles. The summed E-state index contributed by atoms with van der Waals surface area (Å²) in [5.41, 5.74) is 7.64. The van der Waals surface area contributed by atoms with Gasteiger partial charge >= 0.3 is 0 Å². The van der Waals surface area contributed by atoms with E-state index in [2.05, 4.69) is 52.2 Å². The third-order valence-electron chi connectivity index (χ3n) is 5.75. The average Bonchev–Trinajstić information content (AvgIpc) is 3.08. The number of halogens is 1. The standard InChI is InChI=1S/C26H27FN4S/c1-17-4-6-24(18(2)14-17)30-26(32)31(16-20-8-11-28-12-9-20)13-10-22-19(3)29-25-7-5-21(27)15-23(22)25/h4-9,11-12,14-15,29H,10,13,16H2,1-3H3,(H,30,32). The van der Waals surface area contributed by atoms with Crippen molar-refractivity contribution in [3.05, 3.63) is 94.7 Å². The van der Waals surface area contributed by atoms with Gasteiger partial charge in [-0.15, -0.1) is 0 Å². The number of aryl methyl sites for hydroxylation is 3. The molecule has 0 saturated heterocycles. The lowest BCUT2D eigenvalue weighted by molar-refractivity contribution is 0.423. The van der Waals surface area contributed by atoms with Crippen molar-refractivity contribution in [2.75, 3.05) is 11.9 Å². The minimum Gasteiger partial charge on any atom is -0.358 e. The molecule has 0 atom stereocenters. The van der Waals surface area contributed by atoms with E-state index in [1.54, 1.807) is 24.5 Å². The molecule has 0 bridgehead atoms. The Hall–Kier alpha value is -3.25. The average molecular weight is 447 g/mol. The molecule has 6 heteroatoms. The number of pyridine rings is 1. The van der Waals surface area contributed by atoms with Crippen LogP contribution in [-0.2, 0) is 13.0 Å². The summed E-state index contributed by atoms with van der Waals surface area (Å²) in [6, 6.07) is 15.2. The van der Waals surface area contributed by atoms with Crippen LogP contribution >= 0.6 is 12.2 Å². The van der Waals surface area contributed by atoms with Gasteiger partial charge in [-0.1, -0.05) is 17.7 Å². The van der Waals surface area contributed by atoms with Crippen LogP contribution in [0.15, 0.2) is 60.9 Å². The van der Waals surface area contributed by atoms with Gasteiger partial charge in [0.2, 0.25) is 0 Å². The largest absolute Gasteiger partial charge is 0.358 e. The number of hydrogen-bond donors (Lipinski definition) is 2. The van der Waals surface area contributed by atoms with Crippen LogP contribution in [0.4, 0.5) is 10.1 Å². The quantitative estimate of drug-likeness (QED) is 0.353. The summed E-state index contributed by atoms with van der Waals surface area (Å²) >= 11 is 5.82. The van der Waals surface area contributed by atoms with E-state index in [-0.39, 0.29) is 5.82 Å². The van der Waals surface area contributed by atoms with Crippen molar-refractivity contribution in [2.24, 2.45) is 0 Å². The fraction of sp³-hybridized carbons (Fsp3) is 0.231. The van der Waals surface area contributed by atoms with E-state index in [4.69, 9.17) is 12.2 Å². The molecule has 0 radical (unpaired) electrons. The van der Waals surface area contributed by atoms with Gasteiger partial charge in [-0.25, -0.2) is 4.39 Å². The van der Waals surface area contributed by atoms with E-state index in [1.807, 2.05) is 19.1 Å². The SMILES string of the molecule is Cc1ccc(NC(=S)N(CCc2c(C)[nH]c3ccc(F)cc23)Cc2ccncc2)c(C)c1. The Kier molecular flexibility index (Phi) is 6.51. The summed E-state index contributed by atoms with van der Waals surface area (Å²) in [5.74, 6) is -0.224. The van der Waals surface area contributed by atoms with Gasteiger partial charge in [0, 0.05) is 47.8 Å². The normalized spacial score (nSPS) is 11.0. The summed E-state index contributed by atoms with van der Waals surface area (Å²) in [5, 5.41) is 5.02. The molecule has 32 heavy (non-hydrogen) atoms. The Balaban J connectivity index is 1.57. The number of benzene rings is 2. The maximum absolute atomic E-state index is 13.9. The fourth-order valence-electron chi connectivity index (χ4n) is 4.03. The maximum Gasteiger partial charge on any atom is 0.173 e. The predicted molar refractivity (Wildman–Crippen MR) is 133 cm³/mol. The first-order valence-electron chi connectivity index (χ1n) is 10.7. The Morgan fingerprint density at radius 2 is 1.84 bits per heavy atom. The van der Waals surface area contributed by atoms with Crippen LogP contribution in [0, 0.1) is 26.6 Å². The van der Waals surface area contributed by atoms with Gasteiger partial charge in [0.15, 0.2) is 5.11 Å². The van der Waals surface area contributed by atoms with Crippen molar-refractivity contribution in [1.82, 2.24) is 14.9 Å². The molecule has 164 valence electrons. The zero-order chi connectivity index (χ0) is 22.7. The molecule has 0 aliphatic heterocycles. The first-order valence-corrected chi connectivity index (χ1v) is 11.1. The van der Waals surface area contributed by atoms with Crippen molar-refractivity contribution in [3.63, 3.8) is 0 Å². The predicted octanol–water partition coefficient (Wildman–Crippen LogP) is 6.07. The Bertz CT molecular complexity index is 1250. The Labute approximate surface area is 193 Å². The first-order chi connectivity index (χ1) is 15.4. The molecule has 2 heterocycles. The van der Waals surface area contributed by atoms with Gasteiger partial charge in [-0.3, -0.25) is 4.98 Å². The number of rotatable bonds is 6. The van der Waals surface area contributed by atoms with Crippen LogP contribution in [0.5, 0.6) is 0 Å². The van der Waals surface area contributed by atoms with Crippen LogP contribution in [0.2, 0.25) is 0 Å². The molecule has 0 spiro atoms. The number of hydrogen-bond acceptors (Lipinski definition) is 2. The van der Waals surface area contributed by atoms with Crippen molar-refractivity contribution in [3.8, 4) is 0 Å². The summed E-state index contributed by atoms with van der Waals surface area (Å²) in [6.07, 6.45) is 4.33. The second kappa shape index (κ2) is 9.49. The lowest BCUT2D eigenvalue weighted by atomic mass is 10.1. The van der Waals surface area contributed by atoms with Gasteiger partial charge in [0.25, 0.3) is 0 Å². The molecule has 4 aromatic rings. The van der Waals surface area contributed by atoms with E-state index >= 15 is 0 Å². The lowest BCUT2D eigenvalue weighted by Gasteiger charge is -2.27. The van der Waals surface area contributed by atoms with Gasteiger partial charge < -0.3 is 15.2 Å². The number of nitrogens with one attached hydrogen (secondary N) is 2. The van der Waals surface area contributed by atoms with E-state index in [9.17, 15) is 4.39 Å². The molecular weight excluding hydrogens is 419 g/mol. The Morgan fingerprint density at radius 3 is 2.59 bits per heavy atom. The summed E-state index contributed by atoms with van der Waals surface area (Å²) in [6.45, 7) is 7.55. The number of nitrogens with zero attached hydrogens (tertiary/aromatic N) is 2. The minimum atomic E-state index is -0.224. The summed E-state index contributed by atoms with van der Waals surface area (Å²) < 4.78 is 13.9. The van der Waals surface area contributed by atoms with Gasteiger partial charge in [0.05, 0.1) is 0 Å². The number of fused-ring (bicyclic) bond motifs is 1. The second-order valence-electron chi connectivity index (χ2n) is 8.19. The highest BCUT2D eigenvalue weighted by atomic mass is 32.1. The molecule has 4 nitrogen and oxygen atoms in total. The Morgan fingerprint density at radius 1 is 1.06 bits per heavy atom. The molecule has 0 unspecified atom stereocenters. The van der Waals surface area contributed by atoms with E-state index in [0.717, 1.165) is 45.4 Å². The van der Waals surface area contributed by atoms with Crippen LogP contribution < -0.4 is 5.32 Å². The van der Waals surface area contributed by atoms with E-state index in [0.29, 0.717) is 18.2 Å². The van der Waals surface area contributed by atoms with E-state index < -0.39 is 0 Å². The second-order valence-corrected chi connectivity index (χ2v) is 8.58. The zero-order valence-corrected chi connectivity index (χ0v) is 19.4. The monoisotopic (exact) mass is 446 g/mol. The fourth-order valence-corrected chi connectivity index (χ4v) is 4.30. The van der Waals surface area contributed by atoms with E-state index in [1.165, 1.54) is 11.6 Å². The van der Waals surface area contributed by atoms with Crippen LogP contribution in [0.25, 0.3) is 10.9 Å². The molecular formula is C26H27FN4S. The molecule has 2 N–H and O–H groups in total. The molecule has 0 saturated carbocycles. The smallest absolute Gasteiger partial charge is 0.173 e. The topological polar surface area (TPSA) is 44.0 Å². The summed E-state index contributed by atoms with van der Waals surface area (Å²) in [7, 11) is 0. The number of thiocarbonyl (C=S) groups is 1. The third-order valence-corrected chi connectivity index (χ3v) is 6.11. The maximum atomic E-state index is 13.9. The molecule has 2 aromatic heterocycles. The highest BCUT2D eigenvalue weighted by Crippen LogP contribution is 2.24. The number of aromatic nitrogens is 2. The van der Waals surface area contributed by atoms with Crippen molar-refractivity contribution in [2.45, 2.75) is 33.7 Å². The minimum absolute atomic E-state index is 0.224. The number of anilines is 1. The van der Waals surface area contributed by atoms with Crippen molar-refractivity contribution >= 4 is 33.9 Å². The number of aromatic amines is 1.